The monoisotopic (exact) mass is 251 g/mol. The summed E-state index contributed by atoms with van der Waals surface area (Å²) in [5, 5.41) is 23.0. The molecule has 6 heteroatoms. The fraction of sp³-hybridized carbons (Fsp3) is 0.333. The van der Waals surface area contributed by atoms with Gasteiger partial charge >= 0.3 is 0 Å². The van der Waals surface area contributed by atoms with E-state index in [4.69, 9.17) is 16.0 Å². The van der Waals surface area contributed by atoms with E-state index in [1.54, 1.807) is 12.1 Å². The van der Waals surface area contributed by atoms with Crippen molar-refractivity contribution >= 4 is 11.7 Å². The van der Waals surface area contributed by atoms with E-state index in [1.165, 1.54) is 12.1 Å². The summed E-state index contributed by atoms with van der Waals surface area (Å²) in [5.74, 6) is 0.143. The molecule has 6 nitrogen and oxygen atoms in total. The maximum absolute atomic E-state index is 11.6. The quantitative estimate of drug-likeness (QED) is 0.199. The summed E-state index contributed by atoms with van der Waals surface area (Å²) in [4.78, 5) is 11.6. The van der Waals surface area contributed by atoms with Gasteiger partial charge in [-0.05, 0) is 37.1 Å². The molecule has 0 spiro atoms. The van der Waals surface area contributed by atoms with Gasteiger partial charge in [-0.25, -0.2) is 0 Å². The number of nitrogens with zero attached hydrogens (tertiary/aromatic N) is 1. The van der Waals surface area contributed by atoms with Gasteiger partial charge < -0.3 is 21.4 Å². The van der Waals surface area contributed by atoms with Crippen molar-refractivity contribution in [3.63, 3.8) is 0 Å². The zero-order valence-electron chi connectivity index (χ0n) is 9.97. The van der Waals surface area contributed by atoms with Gasteiger partial charge in [-0.2, -0.15) is 0 Å². The molecular weight excluding hydrogens is 234 g/mol. The molecule has 0 radical (unpaired) electrons. The summed E-state index contributed by atoms with van der Waals surface area (Å²) in [7, 11) is 0. The van der Waals surface area contributed by atoms with Crippen molar-refractivity contribution in [2.24, 2.45) is 10.9 Å². The summed E-state index contributed by atoms with van der Waals surface area (Å²) in [6, 6.07) is 6.04. The van der Waals surface area contributed by atoms with Crippen LogP contribution in [-0.2, 0) is 0 Å². The van der Waals surface area contributed by atoms with Gasteiger partial charge in [0, 0.05) is 18.5 Å². The number of carbonyl (C=O) groups excluding carboxylic acids is 1. The number of amidine groups is 1. The smallest absolute Gasteiger partial charge is 0.251 e. The number of oxime groups is 1. The third-order valence-electron chi connectivity index (χ3n) is 2.40. The predicted octanol–water partition coefficient (Wildman–Crippen LogP) is 1.04. The van der Waals surface area contributed by atoms with Gasteiger partial charge in [-0.1, -0.05) is 5.16 Å². The minimum atomic E-state index is -0.182. The molecule has 0 fully saturated rings. The number of carbonyl (C=O) groups is 1. The number of hydrogen-bond acceptors (Lipinski definition) is 4. The number of rotatable bonds is 6. The van der Waals surface area contributed by atoms with Crippen LogP contribution in [0.2, 0.25) is 0 Å². The Hall–Kier alpha value is -2.24. The molecule has 0 bridgehead atoms. The maximum atomic E-state index is 11.6. The molecule has 0 saturated heterocycles. The molecule has 1 amide bonds. The Bertz CT molecular complexity index is 415. The Labute approximate surface area is 105 Å². The highest BCUT2D eigenvalue weighted by molar-refractivity contribution is 5.94. The third kappa shape index (κ3) is 4.73. The first kappa shape index (κ1) is 13.8. The number of nitrogens with one attached hydrogen (secondary N) is 1. The lowest BCUT2D eigenvalue weighted by atomic mass is 10.2. The molecule has 0 aliphatic carbocycles. The fourth-order valence-corrected chi connectivity index (χ4v) is 1.40. The van der Waals surface area contributed by atoms with Gasteiger partial charge in [-0.3, -0.25) is 4.79 Å². The highest BCUT2D eigenvalue weighted by Gasteiger charge is 2.04. The Morgan fingerprint density at radius 3 is 2.56 bits per heavy atom. The molecular formula is C12H17N3O3. The molecule has 98 valence electrons. The number of hydrogen-bond donors (Lipinski definition) is 4. The number of benzene rings is 1. The largest absolute Gasteiger partial charge is 0.508 e. The lowest BCUT2D eigenvalue weighted by molar-refractivity contribution is 0.0953. The van der Waals surface area contributed by atoms with Crippen LogP contribution in [0.1, 0.15) is 29.6 Å². The third-order valence-corrected chi connectivity index (χ3v) is 2.40. The maximum Gasteiger partial charge on any atom is 0.251 e. The van der Waals surface area contributed by atoms with Crippen LogP contribution in [0.4, 0.5) is 0 Å². The van der Waals surface area contributed by atoms with Crippen molar-refractivity contribution < 1.29 is 15.1 Å². The van der Waals surface area contributed by atoms with E-state index in [-0.39, 0.29) is 17.5 Å². The Morgan fingerprint density at radius 2 is 1.94 bits per heavy atom. The van der Waals surface area contributed by atoms with Gasteiger partial charge in [0.05, 0.1) is 0 Å². The van der Waals surface area contributed by atoms with Gasteiger partial charge in [0.15, 0.2) is 0 Å². The lowest BCUT2D eigenvalue weighted by Gasteiger charge is -2.05. The second-order valence-corrected chi connectivity index (χ2v) is 3.85. The number of amides is 1. The molecule has 0 saturated carbocycles. The van der Waals surface area contributed by atoms with Crippen LogP contribution in [-0.4, -0.2) is 28.6 Å². The first-order valence-electron chi connectivity index (χ1n) is 5.67. The minimum Gasteiger partial charge on any atom is -0.508 e. The zero-order valence-corrected chi connectivity index (χ0v) is 9.97. The molecule has 0 heterocycles. The molecule has 0 aliphatic rings. The van der Waals surface area contributed by atoms with Crippen molar-refractivity contribution in [3.05, 3.63) is 29.8 Å². The molecule has 0 aromatic heterocycles. The molecule has 0 atom stereocenters. The van der Waals surface area contributed by atoms with E-state index < -0.39 is 0 Å². The lowest BCUT2D eigenvalue weighted by Crippen LogP contribution is -2.24. The number of phenols is 1. The molecule has 0 aliphatic heterocycles. The van der Waals surface area contributed by atoms with Crippen LogP contribution < -0.4 is 11.1 Å². The molecule has 5 N–H and O–H groups in total. The van der Waals surface area contributed by atoms with Crippen molar-refractivity contribution in [2.75, 3.05) is 6.54 Å². The molecule has 1 rings (SSSR count). The minimum absolute atomic E-state index is 0.130. The van der Waals surface area contributed by atoms with E-state index in [0.717, 1.165) is 12.8 Å². The van der Waals surface area contributed by atoms with Gasteiger partial charge in [-0.15, -0.1) is 0 Å². The first-order chi connectivity index (χ1) is 8.63. The molecule has 1 aromatic rings. The molecule has 18 heavy (non-hydrogen) atoms. The summed E-state index contributed by atoms with van der Waals surface area (Å²) in [5.41, 5.74) is 5.81. The van der Waals surface area contributed by atoms with E-state index in [9.17, 15) is 4.79 Å². The van der Waals surface area contributed by atoms with Crippen LogP contribution in [0.15, 0.2) is 29.4 Å². The summed E-state index contributed by atoms with van der Waals surface area (Å²) >= 11 is 0. The first-order valence-corrected chi connectivity index (χ1v) is 5.67. The van der Waals surface area contributed by atoms with Crippen molar-refractivity contribution in [3.8, 4) is 5.75 Å². The Kier molecular flexibility index (Phi) is 5.50. The van der Waals surface area contributed by atoms with Gasteiger partial charge in [0.2, 0.25) is 0 Å². The summed E-state index contributed by atoms with van der Waals surface area (Å²) < 4.78 is 0. The Morgan fingerprint density at radius 1 is 1.28 bits per heavy atom. The molecule has 1 aromatic carbocycles. The SMILES string of the molecule is NC(CCCCNC(=O)c1ccc(O)cc1)=NO. The van der Waals surface area contributed by atoms with Gasteiger partial charge in [0.1, 0.15) is 11.6 Å². The Balaban J connectivity index is 2.23. The summed E-state index contributed by atoms with van der Waals surface area (Å²) in [6.45, 7) is 0.526. The van der Waals surface area contributed by atoms with Gasteiger partial charge in [0.25, 0.3) is 5.91 Å². The van der Waals surface area contributed by atoms with Crippen molar-refractivity contribution in [2.45, 2.75) is 19.3 Å². The van der Waals surface area contributed by atoms with Crippen LogP contribution in [0.5, 0.6) is 5.75 Å². The molecule has 0 unspecified atom stereocenters. The standard InChI is InChI=1S/C12H17N3O3/c13-11(15-18)3-1-2-8-14-12(17)9-4-6-10(16)7-5-9/h4-7,16,18H,1-3,8H2,(H2,13,15)(H,14,17). The number of phenolic OH excluding ortho intramolecular Hbond substituents is 1. The number of aromatic hydroxyl groups is 1. The average molecular weight is 251 g/mol. The van der Waals surface area contributed by atoms with Crippen LogP contribution >= 0.6 is 0 Å². The average Bonchev–Trinajstić information content (AvgIpc) is 2.38. The second-order valence-electron chi connectivity index (χ2n) is 3.85. The van der Waals surface area contributed by atoms with Crippen LogP contribution in [0, 0.1) is 0 Å². The second kappa shape index (κ2) is 7.16. The normalized spacial score (nSPS) is 11.2. The summed E-state index contributed by atoms with van der Waals surface area (Å²) in [6.07, 6.45) is 2.00. The predicted molar refractivity (Wildman–Crippen MR) is 67.7 cm³/mol. The van der Waals surface area contributed by atoms with Crippen LogP contribution in [0.25, 0.3) is 0 Å². The van der Waals surface area contributed by atoms with E-state index in [0.29, 0.717) is 18.5 Å². The van der Waals surface area contributed by atoms with E-state index >= 15 is 0 Å². The van der Waals surface area contributed by atoms with E-state index in [2.05, 4.69) is 10.5 Å². The van der Waals surface area contributed by atoms with Crippen molar-refractivity contribution in [1.82, 2.24) is 5.32 Å². The highest BCUT2D eigenvalue weighted by atomic mass is 16.4. The number of unbranched alkanes of at least 4 members (excludes halogenated alkanes) is 1. The van der Waals surface area contributed by atoms with E-state index in [1.807, 2.05) is 0 Å². The fourth-order valence-electron chi connectivity index (χ4n) is 1.40. The topological polar surface area (TPSA) is 108 Å². The number of nitrogens with two attached hydrogens (primary N) is 1. The van der Waals surface area contributed by atoms with Crippen LogP contribution in [0.3, 0.4) is 0 Å². The zero-order chi connectivity index (χ0) is 13.4. The highest BCUT2D eigenvalue weighted by Crippen LogP contribution is 2.09. The van der Waals surface area contributed by atoms with Crippen molar-refractivity contribution in [1.29, 1.82) is 0 Å².